The Hall–Kier alpha value is -1.36. The van der Waals surface area contributed by atoms with Crippen molar-refractivity contribution >= 4 is 33.4 Å². The van der Waals surface area contributed by atoms with Crippen molar-refractivity contribution in [2.24, 2.45) is 5.92 Å². The second kappa shape index (κ2) is 6.18. The molecule has 2 rings (SSSR count). The van der Waals surface area contributed by atoms with Crippen LogP contribution in [0.25, 0.3) is 0 Å². The molecule has 1 heterocycles. The molecular weight excluding hydrogens is 332 g/mol. The Balaban J connectivity index is 2.05. The van der Waals surface area contributed by atoms with Gasteiger partial charge in [-0.2, -0.15) is 0 Å². The van der Waals surface area contributed by atoms with Crippen molar-refractivity contribution < 1.29 is 9.59 Å². The van der Waals surface area contributed by atoms with Crippen LogP contribution in [0.15, 0.2) is 28.7 Å². The smallest absolute Gasteiger partial charge is 0.227 e. The van der Waals surface area contributed by atoms with Crippen molar-refractivity contribution in [2.75, 3.05) is 11.4 Å². The predicted molar refractivity (Wildman–Crippen MR) is 87.1 cm³/mol. The summed E-state index contributed by atoms with van der Waals surface area (Å²) >= 11 is 3.38. The van der Waals surface area contributed by atoms with E-state index in [1.807, 2.05) is 45.0 Å². The van der Waals surface area contributed by atoms with Gasteiger partial charge in [-0.05, 0) is 44.5 Å². The number of carbonyl (C=O) groups excluding carboxylic acids is 2. The Labute approximate surface area is 134 Å². The third-order valence-electron chi connectivity index (χ3n) is 3.98. The molecule has 1 aliphatic heterocycles. The van der Waals surface area contributed by atoms with Gasteiger partial charge in [0.25, 0.3) is 0 Å². The van der Waals surface area contributed by atoms with Gasteiger partial charge in [0.2, 0.25) is 11.8 Å². The second-order valence-corrected chi connectivity index (χ2v) is 7.02. The maximum Gasteiger partial charge on any atom is 0.227 e. The molecule has 0 spiro atoms. The first kappa shape index (κ1) is 16.0. The average molecular weight is 353 g/mol. The number of nitrogens with zero attached hydrogens (tertiary/aromatic N) is 1. The molecule has 1 unspecified atom stereocenters. The van der Waals surface area contributed by atoms with Crippen molar-refractivity contribution in [1.29, 1.82) is 0 Å². The summed E-state index contributed by atoms with van der Waals surface area (Å²) < 4.78 is 0.969. The molecule has 21 heavy (non-hydrogen) atoms. The minimum Gasteiger partial charge on any atom is -0.351 e. The van der Waals surface area contributed by atoms with Gasteiger partial charge in [0.15, 0.2) is 0 Å². The number of halogens is 1. The molecule has 0 bridgehead atoms. The fraction of sp³-hybridized carbons (Fsp3) is 0.500. The molecule has 5 heteroatoms. The summed E-state index contributed by atoms with van der Waals surface area (Å²) in [5, 5.41) is 3.02. The van der Waals surface area contributed by atoms with E-state index in [0.717, 1.165) is 16.6 Å². The normalized spacial score (nSPS) is 19.0. The highest BCUT2D eigenvalue weighted by atomic mass is 79.9. The van der Waals surface area contributed by atoms with Gasteiger partial charge in [-0.25, -0.2) is 0 Å². The number of carbonyl (C=O) groups is 2. The Kier molecular flexibility index (Phi) is 4.71. The van der Waals surface area contributed by atoms with E-state index in [4.69, 9.17) is 0 Å². The van der Waals surface area contributed by atoms with Gasteiger partial charge in [0.05, 0.1) is 5.92 Å². The minimum atomic E-state index is -0.271. The largest absolute Gasteiger partial charge is 0.351 e. The molecular formula is C16H21BrN2O2. The lowest BCUT2D eigenvalue weighted by atomic mass is 9.99. The zero-order chi connectivity index (χ0) is 15.6. The Morgan fingerprint density at radius 2 is 2.00 bits per heavy atom. The monoisotopic (exact) mass is 352 g/mol. The fourth-order valence-electron chi connectivity index (χ4n) is 2.28. The standard InChI is InChI=1S/C16H21BrN2O2/c1-4-16(2,3)18-15(21)11-9-14(20)19(10-11)13-7-5-12(17)6-8-13/h5-8,11H,4,9-10H2,1-3H3,(H,18,21). The van der Waals surface area contributed by atoms with E-state index in [2.05, 4.69) is 21.2 Å². The highest BCUT2D eigenvalue weighted by Crippen LogP contribution is 2.27. The number of nitrogens with one attached hydrogen (secondary N) is 1. The zero-order valence-corrected chi connectivity index (χ0v) is 14.2. The van der Waals surface area contributed by atoms with Gasteiger partial charge in [-0.15, -0.1) is 0 Å². The molecule has 4 nitrogen and oxygen atoms in total. The molecule has 1 fully saturated rings. The fourth-order valence-corrected chi connectivity index (χ4v) is 2.54. The van der Waals surface area contributed by atoms with Crippen LogP contribution in [0.3, 0.4) is 0 Å². The second-order valence-electron chi connectivity index (χ2n) is 6.11. The third-order valence-corrected chi connectivity index (χ3v) is 4.51. The van der Waals surface area contributed by atoms with Crippen LogP contribution >= 0.6 is 15.9 Å². The zero-order valence-electron chi connectivity index (χ0n) is 12.6. The summed E-state index contributed by atoms with van der Waals surface area (Å²) in [5.74, 6) is -0.298. The molecule has 1 aromatic carbocycles. The number of hydrogen-bond donors (Lipinski definition) is 1. The van der Waals surface area contributed by atoms with Crippen LogP contribution in [0.1, 0.15) is 33.6 Å². The summed E-state index contributed by atoms with van der Waals surface area (Å²) in [5.41, 5.74) is 0.610. The van der Waals surface area contributed by atoms with Crippen LogP contribution in [0.4, 0.5) is 5.69 Å². The van der Waals surface area contributed by atoms with Crippen LogP contribution in [0.2, 0.25) is 0 Å². The van der Waals surface area contributed by atoms with Gasteiger partial charge in [-0.3, -0.25) is 9.59 Å². The van der Waals surface area contributed by atoms with Crippen LogP contribution < -0.4 is 10.2 Å². The lowest BCUT2D eigenvalue weighted by Gasteiger charge is -2.26. The summed E-state index contributed by atoms with van der Waals surface area (Å²) in [7, 11) is 0. The van der Waals surface area contributed by atoms with Crippen LogP contribution in [-0.4, -0.2) is 23.9 Å². The van der Waals surface area contributed by atoms with Crippen molar-refractivity contribution in [1.82, 2.24) is 5.32 Å². The molecule has 0 aliphatic carbocycles. The molecule has 1 N–H and O–H groups in total. The number of hydrogen-bond acceptors (Lipinski definition) is 2. The third kappa shape index (κ3) is 3.84. The van der Waals surface area contributed by atoms with Crippen molar-refractivity contribution in [2.45, 2.75) is 39.2 Å². The van der Waals surface area contributed by atoms with Crippen molar-refractivity contribution in [3.8, 4) is 0 Å². The van der Waals surface area contributed by atoms with E-state index in [-0.39, 0.29) is 29.7 Å². The Bertz CT molecular complexity index is 540. The lowest BCUT2D eigenvalue weighted by Crippen LogP contribution is -2.46. The lowest BCUT2D eigenvalue weighted by molar-refractivity contribution is -0.127. The van der Waals surface area contributed by atoms with Crippen LogP contribution in [0, 0.1) is 5.92 Å². The summed E-state index contributed by atoms with van der Waals surface area (Å²) in [6.07, 6.45) is 1.14. The molecule has 1 aromatic rings. The number of rotatable bonds is 4. The number of benzene rings is 1. The maximum atomic E-state index is 12.3. The minimum absolute atomic E-state index is 0.00628. The molecule has 0 radical (unpaired) electrons. The molecule has 0 saturated carbocycles. The molecule has 114 valence electrons. The Morgan fingerprint density at radius 3 is 2.57 bits per heavy atom. The molecule has 1 atom stereocenters. The molecule has 1 saturated heterocycles. The van der Waals surface area contributed by atoms with Crippen LogP contribution in [0.5, 0.6) is 0 Å². The van der Waals surface area contributed by atoms with E-state index in [0.29, 0.717) is 6.54 Å². The van der Waals surface area contributed by atoms with Gasteiger partial charge in [0, 0.05) is 28.7 Å². The van der Waals surface area contributed by atoms with Gasteiger partial charge in [-0.1, -0.05) is 22.9 Å². The van der Waals surface area contributed by atoms with Gasteiger partial charge >= 0.3 is 0 Å². The first-order valence-corrected chi connectivity index (χ1v) is 7.99. The first-order chi connectivity index (χ1) is 9.82. The predicted octanol–water partition coefficient (Wildman–Crippen LogP) is 3.11. The molecule has 2 amide bonds. The highest BCUT2D eigenvalue weighted by Gasteiger charge is 2.36. The number of amides is 2. The van der Waals surface area contributed by atoms with E-state index in [1.54, 1.807) is 4.90 Å². The van der Waals surface area contributed by atoms with Gasteiger partial charge in [0.1, 0.15) is 0 Å². The van der Waals surface area contributed by atoms with Gasteiger partial charge < -0.3 is 10.2 Å². The van der Waals surface area contributed by atoms with E-state index < -0.39 is 0 Å². The summed E-state index contributed by atoms with van der Waals surface area (Å²) in [6, 6.07) is 7.57. The molecule has 0 aromatic heterocycles. The molecule has 1 aliphatic rings. The summed E-state index contributed by atoms with van der Waals surface area (Å²) in [6.45, 7) is 6.47. The van der Waals surface area contributed by atoms with E-state index in [9.17, 15) is 9.59 Å². The summed E-state index contributed by atoms with van der Waals surface area (Å²) in [4.78, 5) is 26.1. The first-order valence-electron chi connectivity index (χ1n) is 7.20. The van der Waals surface area contributed by atoms with Crippen LogP contribution in [-0.2, 0) is 9.59 Å². The van der Waals surface area contributed by atoms with Crippen molar-refractivity contribution in [3.05, 3.63) is 28.7 Å². The topological polar surface area (TPSA) is 49.4 Å². The van der Waals surface area contributed by atoms with E-state index in [1.165, 1.54) is 0 Å². The Morgan fingerprint density at radius 1 is 1.38 bits per heavy atom. The maximum absolute atomic E-state index is 12.3. The van der Waals surface area contributed by atoms with E-state index >= 15 is 0 Å². The average Bonchev–Trinajstić information content (AvgIpc) is 2.81. The quantitative estimate of drug-likeness (QED) is 0.904. The highest BCUT2D eigenvalue weighted by molar-refractivity contribution is 9.10. The van der Waals surface area contributed by atoms with Crippen molar-refractivity contribution in [3.63, 3.8) is 0 Å². The SMILES string of the molecule is CCC(C)(C)NC(=O)C1CC(=O)N(c2ccc(Br)cc2)C1. The number of anilines is 1.